The summed E-state index contributed by atoms with van der Waals surface area (Å²) < 4.78 is 9.76. The van der Waals surface area contributed by atoms with Crippen LogP contribution in [0.4, 0.5) is 5.82 Å². The molecule has 0 aliphatic carbocycles. The Labute approximate surface area is 138 Å². The minimum absolute atomic E-state index is 0.182. The van der Waals surface area contributed by atoms with E-state index in [9.17, 15) is 9.59 Å². The van der Waals surface area contributed by atoms with E-state index >= 15 is 0 Å². The van der Waals surface area contributed by atoms with E-state index in [0.717, 1.165) is 10.6 Å². The topological polar surface area (TPSA) is 94.3 Å². The molecule has 0 unspecified atom stereocenters. The second-order valence-electron chi connectivity index (χ2n) is 4.50. The molecule has 0 aliphatic rings. The molecule has 9 heteroatoms. The normalized spacial score (nSPS) is 10.5. The van der Waals surface area contributed by atoms with E-state index in [2.05, 4.69) is 15.5 Å². The van der Waals surface area contributed by atoms with Gasteiger partial charge >= 0.3 is 5.97 Å². The molecule has 0 spiro atoms. The smallest absolute Gasteiger partial charge is 0.358 e. The van der Waals surface area contributed by atoms with Crippen molar-refractivity contribution >= 4 is 40.4 Å². The van der Waals surface area contributed by atoms with Crippen molar-refractivity contribution in [2.75, 3.05) is 11.9 Å². The minimum Gasteiger partial charge on any atom is -0.451 e. The highest BCUT2D eigenvalue weighted by Crippen LogP contribution is 2.25. The van der Waals surface area contributed by atoms with Crippen LogP contribution in [-0.4, -0.2) is 28.6 Å². The minimum atomic E-state index is -0.644. The molecule has 0 saturated carbocycles. The number of nitrogens with zero attached hydrogens (tertiary/aromatic N) is 2. The zero-order valence-corrected chi connectivity index (χ0v) is 13.6. The Morgan fingerprint density at radius 2 is 2.26 bits per heavy atom. The van der Waals surface area contributed by atoms with Crippen molar-refractivity contribution in [1.29, 1.82) is 0 Å². The molecule has 1 amide bonds. The van der Waals surface area contributed by atoms with Gasteiger partial charge in [0, 0.05) is 22.4 Å². The van der Waals surface area contributed by atoms with Gasteiger partial charge in [-0.1, -0.05) is 5.16 Å². The van der Waals surface area contributed by atoms with Crippen LogP contribution in [0.5, 0.6) is 0 Å². The third kappa shape index (κ3) is 3.82. The Balaban J connectivity index is 1.54. The molecule has 118 valence electrons. The number of aryl methyl sites for hydroxylation is 1. The van der Waals surface area contributed by atoms with Crippen LogP contribution >= 0.6 is 22.7 Å². The lowest BCUT2D eigenvalue weighted by molar-refractivity contribution is -0.119. The van der Waals surface area contributed by atoms with E-state index in [4.69, 9.17) is 9.26 Å². The second kappa shape index (κ2) is 6.71. The SMILES string of the molecule is Cc1cc(NC(=O)COC(=O)c2csc(-c3ccsc3)n2)no1. The number of hydrogen-bond acceptors (Lipinski definition) is 8. The molecule has 0 radical (unpaired) electrons. The Morgan fingerprint density at radius 3 is 2.96 bits per heavy atom. The summed E-state index contributed by atoms with van der Waals surface area (Å²) in [5.74, 6) is -0.299. The van der Waals surface area contributed by atoms with Crippen LogP contribution in [0.1, 0.15) is 16.2 Å². The number of nitrogens with one attached hydrogen (secondary N) is 1. The van der Waals surface area contributed by atoms with Gasteiger partial charge in [0.1, 0.15) is 10.8 Å². The van der Waals surface area contributed by atoms with Crippen molar-refractivity contribution in [1.82, 2.24) is 10.1 Å². The molecular weight excluding hydrogens is 338 g/mol. The number of carbonyl (C=O) groups is 2. The highest BCUT2D eigenvalue weighted by Gasteiger charge is 2.15. The number of rotatable bonds is 5. The maximum atomic E-state index is 11.9. The van der Waals surface area contributed by atoms with Crippen molar-refractivity contribution in [3.8, 4) is 10.6 Å². The molecular formula is C14H11N3O4S2. The highest BCUT2D eigenvalue weighted by molar-refractivity contribution is 7.14. The molecule has 0 bridgehead atoms. The number of amides is 1. The zero-order valence-electron chi connectivity index (χ0n) is 11.9. The van der Waals surface area contributed by atoms with Crippen LogP contribution in [0.2, 0.25) is 0 Å². The van der Waals surface area contributed by atoms with Gasteiger partial charge in [0.15, 0.2) is 18.1 Å². The Kier molecular flexibility index (Phi) is 4.49. The van der Waals surface area contributed by atoms with E-state index in [1.54, 1.807) is 29.7 Å². The van der Waals surface area contributed by atoms with Crippen molar-refractivity contribution in [3.05, 3.63) is 39.7 Å². The zero-order chi connectivity index (χ0) is 16.2. The van der Waals surface area contributed by atoms with Gasteiger partial charge in [0.25, 0.3) is 5.91 Å². The third-order valence-electron chi connectivity index (χ3n) is 2.71. The van der Waals surface area contributed by atoms with Gasteiger partial charge in [-0.2, -0.15) is 11.3 Å². The monoisotopic (exact) mass is 349 g/mol. The number of ether oxygens (including phenoxy) is 1. The molecule has 7 nitrogen and oxygen atoms in total. The largest absolute Gasteiger partial charge is 0.451 e. The molecule has 3 rings (SSSR count). The lowest BCUT2D eigenvalue weighted by atomic mass is 10.3. The predicted molar refractivity (Wildman–Crippen MR) is 85.6 cm³/mol. The fourth-order valence-corrected chi connectivity index (χ4v) is 3.20. The van der Waals surface area contributed by atoms with Crippen molar-refractivity contribution in [2.45, 2.75) is 6.92 Å². The number of thiophene rings is 1. The quantitative estimate of drug-likeness (QED) is 0.712. The van der Waals surface area contributed by atoms with Crippen molar-refractivity contribution < 1.29 is 18.8 Å². The summed E-state index contributed by atoms with van der Waals surface area (Å²) in [7, 11) is 0. The first-order valence-electron chi connectivity index (χ1n) is 6.50. The molecule has 0 atom stereocenters. The van der Waals surface area contributed by atoms with E-state index < -0.39 is 18.5 Å². The summed E-state index contributed by atoms with van der Waals surface area (Å²) in [5.41, 5.74) is 1.14. The maximum absolute atomic E-state index is 11.9. The van der Waals surface area contributed by atoms with Crippen LogP contribution in [0.15, 0.2) is 32.8 Å². The molecule has 3 aromatic heterocycles. The van der Waals surface area contributed by atoms with Gasteiger partial charge < -0.3 is 14.6 Å². The van der Waals surface area contributed by atoms with Gasteiger partial charge in [-0.15, -0.1) is 11.3 Å². The van der Waals surface area contributed by atoms with Crippen LogP contribution in [0, 0.1) is 6.92 Å². The highest BCUT2D eigenvalue weighted by atomic mass is 32.1. The lowest BCUT2D eigenvalue weighted by Crippen LogP contribution is -2.21. The number of carbonyl (C=O) groups excluding carboxylic acids is 2. The average Bonchev–Trinajstić information content (AvgIpc) is 3.25. The van der Waals surface area contributed by atoms with E-state index in [1.165, 1.54) is 11.3 Å². The van der Waals surface area contributed by atoms with Crippen LogP contribution in [-0.2, 0) is 9.53 Å². The number of anilines is 1. The van der Waals surface area contributed by atoms with Crippen molar-refractivity contribution in [3.63, 3.8) is 0 Å². The summed E-state index contributed by atoms with van der Waals surface area (Å²) >= 11 is 2.90. The summed E-state index contributed by atoms with van der Waals surface area (Å²) in [6.45, 7) is 1.28. The second-order valence-corrected chi connectivity index (χ2v) is 6.14. The van der Waals surface area contributed by atoms with Crippen LogP contribution < -0.4 is 5.32 Å². The van der Waals surface area contributed by atoms with Gasteiger partial charge in [-0.05, 0) is 18.4 Å². The number of thiazole rings is 1. The summed E-state index contributed by atoms with van der Waals surface area (Å²) in [4.78, 5) is 27.8. The third-order valence-corrected chi connectivity index (χ3v) is 4.29. The molecule has 3 heterocycles. The summed E-state index contributed by atoms with van der Waals surface area (Å²) in [6, 6.07) is 3.49. The van der Waals surface area contributed by atoms with Gasteiger partial charge in [0.2, 0.25) is 0 Å². The predicted octanol–water partition coefficient (Wildman–Crippen LogP) is 2.96. The first-order chi connectivity index (χ1) is 11.1. The fraction of sp³-hybridized carbons (Fsp3) is 0.143. The Hall–Kier alpha value is -2.52. The van der Waals surface area contributed by atoms with E-state index in [-0.39, 0.29) is 11.5 Å². The van der Waals surface area contributed by atoms with E-state index in [1.807, 2.05) is 16.8 Å². The Morgan fingerprint density at radius 1 is 1.39 bits per heavy atom. The fourth-order valence-electron chi connectivity index (χ4n) is 1.70. The molecule has 0 fully saturated rings. The van der Waals surface area contributed by atoms with Crippen molar-refractivity contribution in [2.24, 2.45) is 0 Å². The summed E-state index contributed by atoms with van der Waals surface area (Å²) in [5, 5.41) is 12.3. The molecule has 1 N–H and O–H groups in total. The van der Waals surface area contributed by atoms with Gasteiger partial charge in [0.05, 0.1) is 0 Å². The molecule has 0 saturated heterocycles. The molecule has 0 aliphatic heterocycles. The van der Waals surface area contributed by atoms with Gasteiger partial charge in [-0.3, -0.25) is 4.79 Å². The Bertz CT molecular complexity index is 823. The maximum Gasteiger partial charge on any atom is 0.358 e. The van der Waals surface area contributed by atoms with Crippen LogP contribution in [0.3, 0.4) is 0 Å². The number of esters is 1. The van der Waals surface area contributed by atoms with E-state index in [0.29, 0.717) is 5.76 Å². The average molecular weight is 349 g/mol. The van der Waals surface area contributed by atoms with Crippen LogP contribution in [0.25, 0.3) is 10.6 Å². The summed E-state index contributed by atoms with van der Waals surface area (Å²) in [6.07, 6.45) is 0. The first kappa shape index (κ1) is 15.4. The molecule has 23 heavy (non-hydrogen) atoms. The number of aromatic nitrogens is 2. The van der Waals surface area contributed by atoms with Gasteiger partial charge in [-0.25, -0.2) is 9.78 Å². The number of hydrogen-bond donors (Lipinski definition) is 1. The first-order valence-corrected chi connectivity index (χ1v) is 8.32. The molecule has 0 aromatic carbocycles. The standard InChI is InChI=1S/C14H11N3O4S2/c1-8-4-11(17-21-8)16-12(18)5-20-14(19)10-7-23-13(15-10)9-2-3-22-6-9/h2-4,6-7H,5H2,1H3,(H,16,17,18). The molecule has 3 aromatic rings. The lowest BCUT2D eigenvalue weighted by Gasteiger charge is -2.02.